The Morgan fingerprint density at radius 1 is 1.30 bits per heavy atom. The lowest BCUT2D eigenvalue weighted by Gasteiger charge is -2.03. The number of esters is 1. The highest BCUT2D eigenvalue weighted by molar-refractivity contribution is 5.88. The summed E-state index contributed by atoms with van der Waals surface area (Å²) in [6, 6.07) is 8.11. The molecular weight excluding hydrogens is 367 g/mol. The van der Waals surface area contributed by atoms with E-state index in [1.165, 1.54) is 17.1 Å². The number of hydrogen-bond acceptors (Lipinski definition) is 7. The quantitative estimate of drug-likeness (QED) is 0.629. The van der Waals surface area contributed by atoms with Gasteiger partial charge in [0.15, 0.2) is 6.61 Å². The number of carbonyl (C=O) groups is 1. The Hall–Kier alpha value is -3.68. The van der Waals surface area contributed by atoms with E-state index in [-0.39, 0.29) is 18.0 Å². The standard InChI is InChI=1S/C16H10F3N5O3/c17-16(18,19)15-22-13(23-27-15)11-3-1-10(2-4-11)8-24-9-12(7-21-24)14(25)26-6-5-20/h1-4,7,9H,6,8H2. The third-order valence-corrected chi connectivity index (χ3v) is 3.36. The molecule has 0 N–H and O–H groups in total. The first kappa shape index (κ1) is 18.1. The molecule has 0 unspecified atom stereocenters. The van der Waals surface area contributed by atoms with Crippen LogP contribution in [0, 0.1) is 11.3 Å². The van der Waals surface area contributed by atoms with E-state index in [0.717, 1.165) is 5.56 Å². The molecule has 0 aliphatic carbocycles. The first-order valence-corrected chi connectivity index (χ1v) is 7.43. The fourth-order valence-electron chi connectivity index (χ4n) is 2.14. The second-order valence-electron chi connectivity index (χ2n) is 5.28. The summed E-state index contributed by atoms with van der Waals surface area (Å²) in [6.45, 7) is -0.0382. The van der Waals surface area contributed by atoms with Gasteiger partial charge in [0.25, 0.3) is 0 Å². The zero-order chi connectivity index (χ0) is 19.4. The molecule has 0 aliphatic heterocycles. The molecule has 138 valence electrons. The van der Waals surface area contributed by atoms with Gasteiger partial charge in [-0.05, 0) is 5.56 Å². The van der Waals surface area contributed by atoms with Crippen molar-refractivity contribution in [3.05, 3.63) is 53.7 Å². The maximum absolute atomic E-state index is 12.5. The topological polar surface area (TPSA) is 107 Å². The van der Waals surface area contributed by atoms with Crippen molar-refractivity contribution < 1.29 is 27.2 Å². The number of aromatic nitrogens is 4. The van der Waals surface area contributed by atoms with Gasteiger partial charge in [0.1, 0.15) is 6.07 Å². The van der Waals surface area contributed by atoms with Gasteiger partial charge in [-0.25, -0.2) is 4.79 Å². The van der Waals surface area contributed by atoms with Gasteiger partial charge < -0.3 is 9.26 Å². The third kappa shape index (κ3) is 4.30. The van der Waals surface area contributed by atoms with Crippen molar-refractivity contribution in [2.45, 2.75) is 12.7 Å². The molecule has 0 aliphatic rings. The number of carbonyl (C=O) groups excluding carboxylic acids is 1. The van der Waals surface area contributed by atoms with Crippen molar-refractivity contribution in [3.8, 4) is 17.5 Å². The van der Waals surface area contributed by atoms with Gasteiger partial charge >= 0.3 is 18.0 Å². The Kier molecular flexibility index (Phi) is 4.89. The third-order valence-electron chi connectivity index (χ3n) is 3.36. The normalized spacial score (nSPS) is 11.2. The Labute approximate surface area is 149 Å². The smallest absolute Gasteiger partial charge is 0.447 e. The SMILES string of the molecule is N#CCOC(=O)c1cnn(Cc2ccc(-c3noc(C(F)(F)F)n3)cc2)c1. The molecule has 3 aromatic rings. The summed E-state index contributed by atoms with van der Waals surface area (Å²) in [7, 11) is 0. The average Bonchev–Trinajstić information content (AvgIpc) is 3.30. The van der Waals surface area contributed by atoms with Crippen LogP contribution in [0.5, 0.6) is 0 Å². The zero-order valence-electron chi connectivity index (χ0n) is 13.5. The largest absolute Gasteiger partial charge is 0.471 e. The highest BCUT2D eigenvalue weighted by Crippen LogP contribution is 2.29. The lowest BCUT2D eigenvalue weighted by Crippen LogP contribution is -2.05. The minimum Gasteiger partial charge on any atom is -0.447 e. The number of halogens is 3. The molecule has 1 aromatic carbocycles. The van der Waals surface area contributed by atoms with Crippen LogP contribution in [-0.2, 0) is 17.5 Å². The van der Waals surface area contributed by atoms with Gasteiger partial charge in [-0.15, -0.1) is 0 Å². The summed E-state index contributed by atoms with van der Waals surface area (Å²) in [6.07, 6.45) is -1.92. The van der Waals surface area contributed by atoms with Crippen LogP contribution >= 0.6 is 0 Å². The second-order valence-corrected chi connectivity index (χ2v) is 5.28. The summed E-state index contributed by atoms with van der Waals surface area (Å²) < 4.78 is 47.8. The van der Waals surface area contributed by atoms with Gasteiger partial charge in [0.2, 0.25) is 5.82 Å². The summed E-state index contributed by atoms with van der Waals surface area (Å²) in [5.74, 6) is -2.24. The summed E-state index contributed by atoms with van der Waals surface area (Å²) in [5.41, 5.74) is 1.34. The predicted molar refractivity (Wildman–Crippen MR) is 82.0 cm³/mol. The average molecular weight is 377 g/mol. The van der Waals surface area contributed by atoms with Crippen LogP contribution in [-0.4, -0.2) is 32.5 Å². The van der Waals surface area contributed by atoms with Crippen molar-refractivity contribution in [1.82, 2.24) is 19.9 Å². The minimum atomic E-state index is -4.70. The molecule has 27 heavy (non-hydrogen) atoms. The van der Waals surface area contributed by atoms with Crippen LogP contribution in [0.1, 0.15) is 21.8 Å². The van der Waals surface area contributed by atoms with Crippen molar-refractivity contribution in [2.24, 2.45) is 0 Å². The monoisotopic (exact) mass is 377 g/mol. The molecule has 0 saturated carbocycles. The molecule has 3 rings (SSSR count). The van der Waals surface area contributed by atoms with Crippen LogP contribution in [0.15, 0.2) is 41.2 Å². The molecule has 8 nitrogen and oxygen atoms in total. The fourth-order valence-corrected chi connectivity index (χ4v) is 2.14. The van der Waals surface area contributed by atoms with Gasteiger partial charge in [-0.3, -0.25) is 4.68 Å². The zero-order valence-corrected chi connectivity index (χ0v) is 13.5. The lowest BCUT2D eigenvalue weighted by atomic mass is 10.1. The van der Waals surface area contributed by atoms with Crippen LogP contribution in [0.3, 0.4) is 0 Å². The number of rotatable bonds is 5. The molecule has 11 heteroatoms. The molecule has 0 fully saturated rings. The molecular formula is C16H10F3N5O3. The van der Waals surface area contributed by atoms with E-state index >= 15 is 0 Å². The maximum atomic E-state index is 12.5. The van der Waals surface area contributed by atoms with Gasteiger partial charge in [-0.2, -0.15) is 28.5 Å². The van der Waals surface area contributed by atoms with Crippen molar-refractivity contribution >= 4 is 5.97 Å². The number of alkyl halides is 3. The van der Waals surface area contributed by atoms with E-state index in [0.29, 0.717) is 12.1 Å². The number of hydrogen-bond donors (Lipinski definition) is 0. The summed E-state index contributed by atoms with van der Waals surface area (Å²) in [4.78, 5) is 14.9. The highest BCUT2D eigenvalue weighted by atomic mass is 19.4. The molecule has 0 amide bonds. The molecule has 0 radical (unpaired) electrons. The Balaban J connectivity index is 1.68. The second kappa shape index (κ2) is 7.28. The molecule has 2 aromatic heterocycles. The van der Waals surface area contributed by atoms with Crippen LogP contribution in [0.2, 0.25) is 0 Å². The van der Waals surface area contributed by atoms with Crippen LogP contribution in [0.25, 0.3) is 11.4 Å². The van der Waals surface area contributed by atoms with E-state index in [9.17, 15) is 18.0 Å². The number of ether oxygens (including phenoxy) is 1. The number of nitrogens with zero attached hydrogens (tertiary/aromatic N) is 5. The van der Waals surface area contributed by atoms with E-state index < -0.39 is 18.0 Å². The van der Waals surface area contributed by atoms with Gasteiger partial charge in [0.05, 0.1) is 18.3 Å². The van der Waals surface area contributed by atoms with Crippen LogP contribution in [0.4, 0.5) is 13.2 Å². The number of nitriles is 1. The lowest BCUT2D eigenvalue weighted by molar-refractivity contribution is -0.159. The van der Waals surface area contributed by atoms with E-state index in [2.05, 4.69) is 24.5 Å². The maximum Gasteiger partial charge on any atom is 0.471 e. The first-order chi connectivity index (χ1) is 12.9. The van der Waals surface area contributed by atoms with Crippen molar-refractivity contribution in [2.75, 3.05) is 6.61 Å². The fraction of sp³-hybridized carbons (Fsp3) is 0.188. The summed E-state index contributed by atoms with van der Waals surface area (Å²) >= 11 is 0. The van der Waals surface area contributed by atoms with Gasteiger partial charge in [0, 0.05) is 11.8 Å². The Morgan fingerprint density at radius 3 is 2.67 bits per heavy atom. The predicted octanol–water partition coefficient (Wildman–Crippen LogP) is 2.68. The molecule has 2 heterocycles. The molecule has 0 saturated heterocycles. The van der Waals surface area contributed by atoms with E-state index in [1.807, 2.05) is 0 Å². The highest BCUT2D eigenvalue weighted by Gasteiger charge is 2.38. The van der Waals surface area contributed by atoms with Crippen molar-refractivity contribution in [3.63, 3.8) is 0 Å². The summed E-state index contributed by atoms with van der Waals surface area (Å²) in [5, 5.41) is 15.7. The Morgan fingerprint density at radius 2 is 2.04 bits per heavy atom. The van der Waals surface area contributed by atoms with E-state index in [1.54, 1.807) is 30.3 Å². The minimum absolute atomic E-state index is 0.171. The van der Waals surface area contributed by atoms with E-state index in [4.69, 9.17) is 5.26 Å². The first-order valence-electron chi connectivity index (χ1n) is 7.43. The van der Waals surface area contributed by atoms with Gasteiger partial charge in [-0.1, -0.05) is 29.4 Å². The van der Waals surface area contributed by atoms with Crippen LogP contribution < -0.4 is 0 Å². The van der Waals surface area contributed by atoms with Crippen molar-refractivity contribution in [1.29, 1.82) is 5.26 Å². The molecule has 0 atom stereocenters. The Bertz CT molecular complexity index is 986. The molecule has 0 spiro atoms. The molecule has 0 bridgehead atoms. The number of benzene rings is 1.